The highest BCUT2D eigenvalue weighted by molar-refractivity contribution is 5.85. The van der Waals surface area contributed by atoms with Gasteiger partial charge in [-0.05, 0) is 30.5 Å². The maximum Gasteiger partial charge on any atom is 0.347 e. The topological polar surface area (TPSA) is 53.0 Å². The van der Waals surface area contributed by atoms with Crippen LogP contribution in [0.3, 0.4) is 0 Å². The van der Waals surface area contributed by atoms with Crippen LogP contribution in [0.25, 0.3) is 0 Å². The molecule has 0 saturated carbocycles. The molecule has 2 aliphatic heterocycles. The molecule has 0 bridgehead atoms. The van der Waals surface area contributed by atoms with Crippen LogP contribution in [0.1, 0.15) is 36.8 Å². The molecule has 5 nitrogen and oxygen atoms in total. The monoisotopic (exact) mass is 408 g/mol. The molecular weight excluding hydrogens is 376 g/mol. The van der Waals surface area contributed by atoms with Gasteiger partial charge in [-0.1, -0.05) is 73.5 Å². The van der Waals surface area contributed by atoms with Crippen LogP contribution in [0.4, 0.5) is 0 Å². The Hall–Kier alpha value is -2.21. The number of nitrogens with zero attached hydrogens (tertiary/aromatic N) is 2. The molecule has 160 valence electrons. The van der Waals surface area contributed by atoms with Gasteiger partial charge in [0.2, 0.25) is 5.60 Å². The Bertz CT molecular complexity index is 772. The molecule has 5 heteroatoms. The zero-order valence-electron chi connectivity index (χ0n) is 17.6. The van der Waals surface area contributed by atoms with Gasteiger partial charge in [-0.25, -0.2) is 4.79 Å². The van der Waals surface area contributed by atoms with Crippen molar-refractivity contribution in [3.8, 4) is 0 Å². The highest BCUT2D eigenvalue weighted by atomic mass is 16.5. The second kappa shape index (κ2) is 9.73. The van der Waals surface area contributed by atoms with Crippen LogP contribution in [0.2, 0.25) is 0 Å². The third kappa shape index (κ3) is 4.59. The van der Waals surface area contributed by atoms with E-state index in [1.807, 2.05) is 36.4 Å². The summed E-state index contributed by atoms with van der Waals surface area (Å²) in [7, 11) is 0. The summed E-state index contributed by atoms with van der Waals surface area (Å²) in [5.74, 6) is -0.618. The summed E-state index contributed by atoms with van der Waals surface area (Å²) in [4.78, 5) is 18.1. The fourth-order valence-corrected chi connectivity index (χ4v) is 4.73. The number of rotatable bonds is 6. The standard InChI is InChI=1S/C25H32N2O3/c28-24(25(29,21-10-4-1-5-11-21)22-12-6-2-7-13-22)30-19-18-26-16-17-27-15-9-3-8-14-23(27)20-26/h1-2,4-7,10-13,23,29H,3,8-9,14-20H2. The Balaban J connectivity index is 1.39. The van der Waals surface area contributed by atoms with Crippen molar-refractivity contribution in [1.29, 1.82) is 0 Å². The van der Waals surface area contributed by atoms with Crippen molar-refractivity contribution in [3.05, 3.63) is 71.8 Å². The smallest absolute Gasteiger partial charge is 0.347 e. The number of carbonyl (C=O) groups is 1. The van der Waals surface area contributed by atoms with E-state index >= 15 is 0 Å². The molecular formula is C25H32N2O3. The van der Waals surface area contributed by atoms with Gasteiger partial charge in [0.15, 0.2) is 0 Å². The number of piperazine rings is 1. The van der Waals surface area contributed by atoms with Gasteiger partial charge in [0.05, 0.1) is 0 Å². The van der Waals surface area contributed by atoms with Crippen LogP contribution in [-0.4, -0.2) is 66.2 Å². The summed E-state index contributed by atoms with van der Waals surface area (Å²) in [5.41, 5.74) is -0.760. The van der Waals surface area contributed by atoms with Crippen LogP contribution in [0.5, 0.6) is 0 Å². The summed E-state index contributed by atoms with van der Waals surface area (Å²) in [5, 5.41) is 11.5. The third-order valence-corrected chi connectivity index (χ3v) is 6.49. The van der Waals surface area contributed by atoms with Gasteiger partial charge in [0.1, 0.15) is 6.61 Å². The van der Waals surface area contributed by atoms with Crippen molar-refractivity contribution < 1.29 is 14.6 Å². The molecule has 2 saturated heterocycles. The lowest BCUT2D eigenvalue weighted by Crippen LogP contribution is -2.53. The number of esters is 1. The zero-order chi connectivity index (χ0) is 20.8. The largest absolute Gasteiger partial charge is 0.462 e. The van der Waals surface area contributed by atoms with Gasteiger partial charge in [-0.2, -0.15) is 0 Å². The highest BCUT2D eigenvalue weighted by Gasteiger charge is 2.41. The molecule has 1 atom stereocenters. The summed E-state index contributed by atoms with van der Waals surface area (Å²) < 4.78 is 5.64. The quantitative estimate of drug-likeness (QED) is 0.745. The van der Waals surface area contributed by atoms with Gasteiger partial charge in [-0.3, -0.25) is 9.80 Å². The van der Waals surface area contributed by atoms with Gasteiger partial charge in [0.25, 0.3) is 0 Å². The van der Waals surface area contributed by atoms with Gasteiger partial charge in [-0.15, -0.1) is 0 Å². The van der Waals surface area contributed by atoms with Gasteiger partial charge in [0, 0.05) is 32.2 Å². The van der Waals surface area contributed by atoms with Crippen molar-refractivity contribution >= 4 is 5.97 Å². The molecule has 4 rings (SSSR count). The maximum absolute atomic E-state index is 13.1. The van der Waals surface area contributed by atoms with Crippen LogP contribution in [0.15, 0.2) is 60.7 Å². The highest BCUT2D eigenvalue weighted by Crippen LogP contribution is 2.31. The molecule has 2 heterocycles. The van der Waals surface area contributed by atoms with Crippen molar-refractivity contribution in [1.82, 2.24) is 9.80 Å². The SMILES string of the molecule is O=C(OCCN1CCN2CCCCCC2C1)C(O)(c1ccccc1)c1ccccc1. The fourth-order valence-electron chi connectivity index (χ4n) is 4.73. The van der Waals surface area contributed by atoms with Crippen LogP contribution >= 0.6 is 0 Å². The summed E-state index contributed by atoms with van der Waals surface area (Å²) in [6.45, 7) is 5.35. The van der Waals surface area contributed by atoms with E-state index in [2.05, 4.69) is 9.80 Å². The van der Waals surface area contributed by atoms with Gasteiger partial charge >= 0.3 is 5.97 Å². The van der Waals surface area contributed by atoms with Gasteiger partial charge < -0.3 is 9.84 Å². The van der Waals surface area contributed by atoms with E-state index in [1.54, 1.807) is 24.3 Å². The van der Waals surface area contributed by atoms with Crippen LogP contribution < -0.4 is 0 Å². The summed E-state index contributed by atoms with van der Waals surface area (Å²) in [6.07, 6.45) is 5.22. The Kier molecular flexibility index (Phi) is 6.82. The minimum Gasteiger partial charge on any atom is -0.462 e. The first-order valence-electron chi connectivity index (χ1n) is 11.1. The molecule has 0 aliphatic carbocycles. The van der Waals surface area contributed by atoms with E-state index in [1.165, 1.54) is 32.2 Å². The predicted octanol–water partition coefficient (Wildman–Crippen LogP) is 3.03. The Morgan fingerprint density at radius 2 is 1.60 bits per heavy atom. The molecule has 0 radical (unpaired) electrons. The molecule has 1 N–H and O–H groups in total. The number of hydrogen-bond acceptors (Lipinski definition) is 5. The Morgan fingerprint density at radius 3 is 2.27 bits per heavy atom. The number of fused-ring (bicyclic) bond motifs is 1. The number of carbonyl (C=O) groups excluding carboxylic acids is 1. The normalized spacial score (nSPS) is 20.9. The van der Waals surface area contributed by atoms with E-state index in [0.717, 1.165) is 19.6 Å². The summed E-state index contributed by atoms with van der Waals surface area (Å²) >= 11 is 0. The molecule has 0 spiro atoms. The molecule has 0 amide bonds. The van der Waals surface area contributed by atoms with E-state index in [-0.39, 0.29) is 6.61 Å². The lowest BCUT2D eigenvalue weighted by molar-refractivity contribution is -0.162. The lowest BCUT2D eigenvalue weighted by atomic mass is 9.86. The number of ether oxygens (including phenoxy) is 1. The van der Waals surface area contributed by atoms with Crippen molar-refractivity contribution in [2.75, 3.05) is 39.3 Å². The molecule has 1 unspecified atom stereocenters. The minimum absolute atomic E-state index is 0.285. The van der Waals surface area contributed by atoms with E-state index in [0.29, 0.717) is 23.7 Å². The number of benzene rings is 2. The first-order valence-corrected chi connectivity index (χ1v) is 11.1. The minimum atomic E-state index is -1.80. The zero-order valence-corrected chi connectivity index (χ0v) is 17.6. The molecule has 2 aromatic rings. The number of hydrogen-bond donors (Lipinski definition) is 1. The van der Waals surface area contributed by atoms with E-state index in [4.69, 9.17) is 4.74 Å². The molecule has 0 aromatic heterocycles. The fraction of sp³-hybridized carbons (Fsp3) is 0.480. The lowest BCUT2D eigenvalue weighted by Gasteiger charge is -2.40. The van der Waals surface area contributed by atoms with Crippen LogP contribution in [-0.2, 0) is 15.1 Å². The molecule has 2 fully saturated rings. The molecule has 2 aromatic carbocycles. The second-order valence-electron chi connectivity index (χ2n) is 8.42. The average molecular weight is 409 g/mol. The number of aliphatic hydroxyl groups is 1. The maximum atomic E-state index is 13.1. The first kappa shape index (κ1) is 21.0. The second-order valence-corrected chi connectivity index (χ2v) is 8.42. The van der Waals surface area contributed by atoms with E-state index < -0.39 is 11.6 Å². The Labute approximate surface area is 179 Å². The van der Waals surface area contributed by atoms with Crippen LogP contribution in [0, 0.1) is 0 Å². The summed E-state index contributed by atoms with van der Waals surface area (Å²) in [6, 6.07) is 18.7. The van der Waals surface area contributed by atoms with E-state index in [9.17, 15) is 9.90 Å². The Morgan fingerprint density at radius 1 is 0.933 bits per heavy atom. The molecule has 2 aliphatic rings. The van der Waals surface area contributed by atoms with Crippen molar-refractivity contribution in [2.24, 2.45) is 0 Å². The predicted molar refractivity (Wildman–Crippen MR) is 117 cm³/mol. The average Bonchev–Trinajstić information content (AvgIpc) is 3.04. The first-order chi connectivity index (χ1) is 14.7. The van der Waals surface area contributed by atoms with Crippen molar-refractivity contribution in [2.45, 2.75) is 37.3 Å². The third-order valence-electron chi connectivity index (χ3n) is 6.49. The van der Waals surface area contributed by atoms with Crippen molar-refractivity contribution in [3.63, 3.8) is 0 Å². The molecule has 30 heavy (non-hydrogen) atoms.